The van der Waals surface area contributed by atoms with Crippen LogP contribution in [-0.2, 0) is 6.54 Å². The van der Waals surface area contributed by atoms with Gasteiger partial charge in [0.1, 0.15) is 6.10 Å². The summed E-state index contributed by atoms with van der Waals surface area (Å²) in [5.74, 6) is -1.49. The van der Waals surface area contributed by atoms with Crippen LogP contribution in [0.15, 0.2) is 30.6 Å². The number of ether oxygens (including phenoxy) is 1. The standard InChI is InChI=1S/C12H12F2N2O2/c1-18-8-5-15-16(6-8)7-11(17)9-3-2-4-10(13)12(9)14/h2-6,11,17H,7H2,1H3. The molecule has 0 amide bonds. The van der Waals surface area contributed by atoms with Crippen molar-refractivity contribution >= 4 is 0 Å². The summed E-state index contributed by atoms with van der Waals surface area (Å²) in [5.41, 5.74) is -0.0931. The van der Waals surface area contributed by atoms with E-state index in [2.05, 4.69) is 5.10 Å². The predicted molar refractivity (Wildman–Crippen MR) is 60.1 cm³/mol. The Morgan fingerprint density at radius 3 is 2.89 bits per heavy atom. The molecule has 96 valence electrons. The van der Waals surface area contributed by atoms with Crippen molar-refractivity contribution in [2.75, 3.05) is 7.11 Å². The van der Waals surface area contributed by atoms with Crippen LogP contribution in [0.1, 0.15) is 11.7 Å². The van der Waals surface area contributed by atoms with E-state index in [1.807, 2.05) is 0 Å². The molecule has 4 nitrogen and oxygen atoms in total. The monoisotopic (exact) mass is 254 g/mol. The minimum Gasteiger partial charge on any atom is -0.493 e. The maximum atomic E-state index is 13.4. The maximum Gasteiger partial charge on any atom is 0.164 e. The lowest BCUT2D eigenvalue weighted by atomic mass is 10.1. The van der Waals surface area contributed by atoms with Gasteiger partial charge in [-0.3, -0.25) is 4.68 Å². The molecule has 1 atom stereocenters. The van der Waals surface area contributed by atoms with Gasteiger partial charge in [0.15, 0.2) is 17.4 Å². The van der Waals surface area contributed by atoms with Crippen molar-refractivity contribution < 1.29 is 18.6 Å². The van der Waals surface area contributed by atoms with E-state index in [4.69, 9.17) is 4.74 Å². The molecule has 0 fully saturated rings. The maximum absolute atomic E-state index is 13.4. The third-order valence-corrected chi connectivity index (χ3v) is 2.55. The van der Waals surface area contributed by atoms with Crippen molar-refractivity contribution in [2.45, 2.75) is 12.6 Å². The Morgan fingerprint density at radius 2 is 2.22 bits per heavy atom. The van der Waals surface area contributed by atoms with Gasteiger partial charge in [-0.05, 0) is 6.07 Å². The van der Waals surface area contributed by atoms with Gasteiger partial charge < -0.3 is 9.84 Å². The number of aliphatic hydroxyl groups is 1. The van der Waals surface area contributed by atoms with E-state index in [0.717, 1.165) is 6.07 Å². The fraction of sp³-hybridized carbons (Fsp3) is 0.250. The van der Waals surface area contributed by atoms with Gasteiger partial charge in [0, 0.05) is 5.56 Å². The summed E-state index contributed by atoms with van der Waals surface area (Å²) in [7, 11) is 1.49. The fourth-order valence-electron chi connectivity index (χ4n) is 1.60. The van der Waals surface area contributed by atoms with Crippen molar-refractivity contribution in [3.05, 3.63) is 47.8 Å². The summed E-state index contributed by atoms with van der Waals surface area (Å²) < 4.78 is 32.8. The van der Waals surface area contributed by atoms with E-state index in [0.29, 0.717) is 5.75 Å². The Balaban J connectivity index is 2.16. The zero-order chi connectivity index (χ0) is 13.1. The first-order chi connectivity index (χ1) is 8.61. The molecule has 0 aliphatic rings. The summed E-state index contributed by atoms with van der Waals surface area (Å²) in [5, 5.41) is 13.8. The van der Waals surface area contributed by atoms with Crippen LogP contribution in [0.5, 0.6) is 5.75 Å². The predicted octanol–water partition coefficient (Wildman–Crippen LogP) is 1.90. The average molecular weight is 254 g/mol. The second-order valence-electron chi connectivity index (χ2n) is 3.76. The van der Waals surface area contributed by atoms with Crippen LogP contribution in [0, 0.1) is 11.6 Å². The molecule has 1 heterocycles. The molecule has 0 saturated heterocycles. The summed E-state index contributed by atoms with van der Waals surface area (Å²) in [6, 6.07) is 3.69. The largest absolute Gasteiger partial charge is 0.493 e. The van der Waals surface area contributed by atoms with Crippen LogP contribution in [0.2, 0.25) is 0 Å². The smallest absolute Gasteiger partial charge is 0.164 e. The Kier molecular flexibility index (Phi) is 3.57. The third-order valence-electron chi connectivity index (χ3n) is 2.55. The van der Waals surface area contributed by atoms with E-state index in [-0.39, 0.29) is 12.1 Å². The zero-order valence-corrected chi connectivity index (χ0v) is 9.68. The molecule has 0 aliphatic heterocycles. The third kappa shape index (κ3) is 2.48. The van der Waals surface area contributed by atoms with Crippen LogP contribution in [0.4, 0.5) is 8.78 Å². The molecule has 1 N–H and O–H groups in total. The first-order valence-electron chi connectivity index (χ1n) is 5.30. The van der Waals surface area contributed by atoms with Gasteiger partial charge in [-0.1, -0.05) is 12.1 Å². The summed E-state index contributed by atoms with van der Waals surface area (Å²) in [6.45, 7) is 0.0176. The molecule has 0 bridgehead atoms. The van der Waals surface area contributed by atoms with E-state index >= 15 is 0 Å². The van der Waals surface area contributed by atoms with Gasteiger partial charge >= 0.3 is 0 Å². The van der Waals surface area contributed by atoms with Gasteiger partial charge in [0.2, 0.25) is 0 Å². The number of benzene rings is 1. The highest BCUT2D eigenvalue weighted by atomic mass is 19.2. The van der Waals surface area contributed by atoms with Crippen LogP contribution in [0.25, 0.3) is 0 Å². The number of methoxy groups -OCH3 is 1. The van der Waals surface area contributed by atoms with E-state index < -0.39 is 17.7 Å². The van der Waals surface area contributed by atoms with Gasteiger partial charge in [0.05, 0.1) is 26.0 Å². The second-order valence-corrected chi connectivity index (χ2v) is 3.76. The lowest BCUT2D eigenvalue weighted by Gasteiger charge is -2.12. The molecule has 6 heteroatoms. The van der Waals surface area contributed by atoms with E-state index in [9.17, 15) is 13.9 Å². The first kappa shape index (κ1) is 12.5. The number of hydrogen-bond acceptors (Lipinski definition) is 3. The number of hydrogen-bond donors (Lipinski definition) is 1. The second kappa shape index (κ2) is 5.14. The molecule has 0 aliphatic carbocycles. The highest BCUT2D eigenvalue weighted by Gasteiger charge is 2.16. The van der Waals surface area contributed by atoms with Crippen molar-refractivity contribution in [3.8, 4) is 5.75 Å². The fourth-order valence-corrected chi connectivity index (χ4v) is 1.60. The first-order valence-corrected chi connectivity index (χ1v) is 5.30. The Hall–Kier alpha value is -1.95. The minimum absolute atomic E-state index is 0.0176. The quantitative estimate of drug-likeness (QED) is 0.906. The zero-order valence-electron chi connectivity index (χ0n) is 9.68. The van der Waals surface area contributed by atoms with Gasteiger partial charge in [-0.15, -0.1) is 0 Å². The molecule has 1 unspecified atom stereocenters. The minimum atomic E-state index is -1.18. The van der Waals surface area contributed by atoms with Crippen LogP contribution in [-0.4, -0.2) is 22.0 Å². The highest BCUT2D eigenvalue weighted by molar-refractivity contribution is 5.21. The molecule has 18 heavy (non-hydrogen) atoms. The number of halogens is 2. The molecule has 0 saturated carbocycles. The SMILES string of the molecule is COc1cnn(CC(O)c2cccc(F)c2F)c1. The van der Waals surface area contributed by atoms with Gasteiger partial charge in [0.25, 0.3) is 0 Å². The van der Waals surface area contributed by atoms with Crippen molar-refractivity contribution in [2.24, 2.45) is 0 Å². The van der Waals surface area contributed by atoms with Crippen LogP contribution in [0.3, 0.4) is 0 Å². The van der Waals surface area contributed by atoms with Gasteiger partial charge in [-0.2, -0.15) is 5.10 Å². The lowest BCUT2D eigenvalue weighted by molar-refractivity contribution is 0.146. The summed E-state index contributed by atoms with van der Waals surface area (Å²) in [6.07, 6.45) is 1.85. The Morgan fingerprint density at radius 1 is 1.44 bits per heavy atom. The Labute approximate surface area is 102 Å². The lowest BCUT2D eigenvalue weighted by Crippen LogP contribution is -2.11. The number of aromatic nitrogens is 2. The van der Waals surface area contributed by atoms with Crippen LogP contribution < -0.4 is 4.74 Å². The van der Waals surface area contributed by atoms with Crippen molar-refractivity contribution in [3.63, 3.8) is 0 Å². The summed E-state index contributed by atoms with van der Waals surface area (Å²) >= 11 is 0. The number of rotatable bonds is 4. The number of nitrogens with zero attached hydrogens (tertiary/aromatic N) is 2. The van der Waals surface area contributed by atoms with Crippen molar-refractivity contribution in [1.82, 2.24) is 9.78 Å². The molecule has 1 aromatic heterocycles. The van der Waals surface area contributed by atoms with Crippen molar-refractivity contribution in [1.29, 1.82) is 0 Å². The molecule has 2 rings (SSSR count). The molecule has 0 radical (unpaired) electrons. The molecule has 0 spiro atoms. The normalized spacial score (nSPS) is 12.4. The average Bonchev–Trinajstić information content (AvgIpc) is 2.80. The topological polar surface area (TPSA) is 47.3 Å². The van der Waals surface area contributed by atoms with Crippen LogP contribution >= 0.6 is 0 Å². The molecule has 2 aromatic rings. The molecule has 1 aromatic carbocycles. The number of aliphatic hydroxyl groups excluding tert-OH is 1. The summed E-state index contributed by atoms with van der Waals surface area (Å²) in [4.78, 5) is 0. The Bertz CT molecular complexity index is 543. The van der Waals surface area contributed by atoms with Gasteiger partial charge in [-0.25, -0.2) is 8.78 Å². The highest BCUT2D eigenvalue weighted by Crippen LogP contribution is 2.21. The van der Waals surface area contributed by atoms with E-state index in [1.54, 1.807) is 6.20 Å². The van der Waals surface area contributed by atoms with E-state index in [1.165, 1.54) is 30.1 Å². The molecular formula is C12H12F2N2O2. The molecular weight excluding hydrogens is 242 g/mol.